The Kier molecular flexibility index (Phi) is 3.87. The number of hydrogen-bond acceptors (Lipinski definition) is 5. The Morgan fingerprint density at radius 3 is 2.83 bits per heavy atom. The molecule has 122 valence electrons. The van der Waals surface area contributed by atoms with Gasteiger partial charge in [0.2, 0.25) is 5.88 Å². The summed E-state index contributed by atoms with van der Waals surface area (Å²) in [6.45, 7) is 5.32. The van der Waals surface area contributed by atoms with Gasteiger partial charge < -0.3 is 15.0 Å². The number of rotatable bonds is 4. The molecule has 0 amide bonds. The molecule has 5 nitrogen and oxygen atoms in total. The van der Waals surface area contributed by atoms with Crippen molar-refractivity contribution in [2.75, 3.05) is 39.8 Å². The van der Waals surface area contributed by atoms with Gasteiger partial charge >= 0.3 is 0 Å². The molecule has 23 heavy (non-hydrogen) atoms. The van der Waals surface area contributed by atoms with Crippen LogP contribution in [-0.2, 0) is 6.42 Å². The summed E-state index contributed by atoms with van der Waals surface area (Å²) >= 11 is 0. The van der Waals surface area contributed by atoms with Crippen molar-refractivity contribution in [2.45, 2.75) is 6.42 Å². The lowest BCUT2D eigenvalue weighted by atomic mass is 10.0. The fourth-order valence-corrected chi connectivity index (χ4v) is 3.83. The molecule has 2 aromatic rings. The third-order valence-electron chi connectivity index (χ3n) is 5.09. The summed E-state index contributed by atoms with van der Waals surface area (Å²) in [6.07, 6.45) is 1.95. The molecule has 0 radical (unpaired) electrons. The fourth-order valence-electron chi connectivity index (χ4n) is 3.83. The van der Waals surface area contributed by atoms with E-state index < -0.39 is 0 Å². The van der Waals surface area contributed by atoms with Crippen molar-refractivity contribution in [1.82, 2.24) is 20.2 Å². The minimum absolute atomic E-state index is 0.278. The van der Waals surface area contributed by atoms with Crippen LogP contribution < -0.4 is 10.1 Å². The highest BCUT2D eigenvalue weighted by atomic mass is 19.1. The van der Waals surface area contributed by atoms with Gasteiger partial charge in [-0.2, -0.15) is 0 Å². The van der Waals surface area contributed by atoms with Gasteiger partial charge in [0.15, 0.2) is 0 Å². The highest BCUT2D eigenvalue weighted by Gasteiger charge is 2.35. The molecule has 0 aliphatic carbocycles. The van der Waals surface area contributed by atoms with E-state index in [0.717, 1.165) is 44.6 Å². The average Bonchev–Trinajstić information content (AvgIpc) is 3.14. The Balaban J connectivity index is 1.55. The molecule has 2 fully saturated rings. The molecule has 2 aromatic heterocycles. The van der Waals surface area contributed by atoms with E-state index in [4.69, 9.17) is 4.74 Å². The van der Waals surface area contributed by atoms with Crippen LogP contribution in [0.4, 0.5) is 4.39 Å². The van der Waals surface area contributed by atoms with E-state index in [1.54, 1.807) is 13.2 Å². The van der Waals surface area contributed by atoms with Gasteiger partial charge in [-0.3, -0.25) is 4.98 Å². The lowest BCUT2D eigenvalue weighted by Crippen LogP contribution is -2.28. The number of aromatic nitrogens is 2. The standard InChI is InChI=1S/C17H21FN4O/c1-23-16-3-2-15-17(21-16)13(14(18)8-20-15)4-5-22-9-11-6-19-7-12(11)10-22/h2-3,8,11-12,19H,4-7,9-10H2,1H3/t11-,12+. The Morgan fingerprint density at radius 2 is 2.09 bits per heavy atom. The lowest BCUT2D eigenvalue weighted by molar-refractivity contribution is 0.316. The van der Waals surface area contributed by atoms with E-state index in [1.165, 1.54) is 6.20 Å². The number of ether oxygens (including phenoxy) is 1. The zero-order valence-electron chi connectivity index (χ0n) is 13.3. The summed E-state index contributed by atoms with van der Waals surface area (Å²) in [5.74, 6) is 1.73. The number of hydrogen-bond donors (Lipinski definition) is 1. The van der Waals surface area contributed by atoms with E-state index in [1.807, 2.05) is 6.07 Å². The number of pyridine rings is 2. The Hall–Kier alpha value is -1.79. The molecule has 0 aromatic carbocycles. The summed E-state index contributed by atoms with van der Waals surface area (Å²) in [7, 11) is 1.57. The molecule has 2 aliphatic rings. The first-order valence-electron chi connectivity index (χ1n) is 8.16. The van der Waals surface area contributed by atoms with Crippen LogP contribution >= 0.6 is 0 Å². The summed E-state index contributed by atoms with van der Waals surface area (Å²) in [5, 5.41) is 3.45. The number of nitrogens with one attached hydrogen (secondary N) is 1. The first kappa shape index (κ1) is 14.8. The predicted octanol–water partition coefficient (Wildman–Crippen LogP) is 1.47. The van der Waals surface area contributed by atoms with Crippen molar-refractivity contribution in [3.05, 3.63) is 29.7 Å². The molecule has 0 bridgehead atoms. The molecule has 0 spiro atoms. The highest BCUT2D eigenvalue weighted by Crippen LogP contribution is 2.27. The van der Waals surface area contributed by atoms with E-state index in [2.05, 4.69) is 20.2 Å². The first-order valence-corrected chi connectivity index (χ1v) is 8.16. The van der Waals surface area contributed by atoms with Crippen LogP contribution in [0.3, 0.4) is 0 Å². The van der Waals surface area contributed by atoms with Crippen LogP contribution in [0, 0.1) is 17.7 Å². The lowest BCUT2D eigenvalue weighted by Gasteiger charge is -2.17. The third kappa shape index (κ3) is 2.77. The van der Waals surface area contributed by atoms with Crippen molar-refractivity contribution < 1.29 is 9.13 Å². The highest BCUT2D eigenvalue weighted by molar-refractivity contribution is 5.78. The van der Waals surface area contributed by atoms with Crippen LogP contribution in [0.25, 0.3) is 11.0 Å². The largest absolute Gasteiger partial charge is 0.481 e. The van der Waals surface area contributed by atoms with Crippen molar-refractivity contribution in [3.8, 4) is 5.88 Å². The van der Waals surface area contributed by atoms with Gasteiger partial charge in [0, 0.05) is 31.3 Å². The average molecular weight is 316 g/mol. The topological polar surface area (TPSA) is 50.3 Å². The maximum absolute atomic E-state index is 14.3. The Bertz CT molecular complexity index is 711. The number of halogens is 1. The van der Waals surface area contributed by atoms with Gasteiger partial charge in [-0.25, -0.2) is 9.37 Å². The summed E-state index contributed by atoms with van der Waals surface area (Å²) < 4.78 is 19.5. The van der Waals surface area contributed by atoms with E-state index in [-0.39, 0.29) is 5.82 Å². The third-order valence-corrected chi connectivity index (χ3v) is 5.09. The van der Waals surface area contributed by atoms with Crippen LogP contribution in [0.5, 0.6) is 5.88 Å². The van der Waals surface area contributed by atoms with Gasteiger partial charge in [0.25, 0.3) is 0 Å². The molecule has 2 aliphatic heterocycles. The molecule has 0 unspecified atom stereocenters. The molecule has 2 saturated heterocycles. The minimum atomic E-state index is -0.278. The molecular formula is C17H21FN4O. The number of nitrogens with zero attached hydrogens (tertiary/aromatic N) is 3. The Morgan fingerprint density at radius 1 is 1.30 bits per heavy atom. The van der Waals surface area contributed by atoms with Crippen LogP contribution in [0.1, 0.15) is 5.56 Å². The monoisotopic (exact) mass is 316 g/mol. The number of fused-ring (bicyclic) bond motifs is 2. The maximum atomic E-state index is 14.3. The summed E-state index contributed by atoms with van der Waals surface area (Å²) in [4.78, 5) is 11.0. The Labute approximate surface area is 134 Å². The SMILES string of the molecule is COc1ccc2ncc(F)c(CCN3C[C@H]4CNC[C@H]4C3)c2n1. The van der Waals surface area contributed by atoms with Gasteiger partial charge in [0.05, 0.1) is 24.3 Å². The molecule has 2 atom stereocenters. The molecule has 0 saturated carbocycles. The second kappa shape index (κ2) is 6.02. The summed E-state index contributed by atoms with van der Waals surface area (Å²) in [5.41, 5.74) is 1.97. The molecule has 4 rings (SSSR count). The van der Waals surface area contributed by atoms with Crippen LogP contribution in [0.2, 0.25) is 0 Å². The van der Waals surface area contributed by atoms with Crippen LogP contribution in [-0.4, -0.2) is 54.7 Å². The molecule has 4 heterocycles. The van der Waals surface area contributed by atoms with Crippen LogP contribution in [0.15, 0.2) is 18.3 Å². The van der Waals surface area contributed by atoms with Gasteiger partial charge in [-0.15, -0.1) is 0 Å². The van der Waals surface area contributed by atoms with Gasteiger partial charge in [0.1, 0.15) is 5.82 Å². The van der Waals surface area contributed by atoms with Gasteiger partial charge in [-0.1, -0.05) is 0 Å². The normalized spacial score (nSPS) is 24.3. The molecule has 1 N–H and O–H groups in total. The zero-order valence-corrected chi connectivity index (χ0v) is 13.3. The van der Waals surface area contributed by atoms with Crippen molar-refractivity contribution >= 4 is 11.0 Å². The quantitative estimate of drug-likeness (QED) is 0.926. The number of likely N-dealkylation sites (tertiary alicyclic amines) is 1. The second-order valence-corrected chi connectivity index (χ2v) is 6.49. The maximum Gasteiger partial charge on any atom is 0.213 e. The number of methoxy groups -OCH3 is 1. The van der Waals surface area contributed by atoms with Crippen molar-refractivity contribution in [2.24, 2.45) is 11.8 Å². The smallest absolute Gasteiger partial charge is 0.213 e. The van der Waals surface area contributed by atoms with E-state index in [9.17, 15) is 4.39 Å². The molecular weight excluding hydrogens is 295 g/mol. The zero-order chi connectivity index (χ0) is 15.8. The first-order chi connectivity index (χ1) is 11.2. The van der Waals surface area contributed by atoms with E-state index >= 15 is 0 Å². The van der Waals surface area contributed by atoms with Crippen molar-refractivity contribution in [3.63, 3.8) is 0 Å². The predicted molar refractivity (Wildman–Crippen MR) is 86.0 cm³/mol. The van der Waals surface area contributed by atoms with Gasteiger partial charge in [-0.05, 0) is 37.4 Å². The molecule has 6 heteroatoms. The van der Waals surface area contributed by atoms with Crippen molar-refractivity contribution in [1.29, 1.82) is 0 Å². The van der Waals surface area contributed by atoms with E-state index in [0.29, 0.717) is 28.9 Å². The second-order valence-electron chi connectivity index (χ2n) is 6.49. The minimum Gasteiger partial charge on any atom is -0.481 e. The fraction of sp³-hybridized carbons (Fsp3) is 0.529. The summed E-state index contributed by atoms with van der Waals surface area (Å²) in [6, 6.07) is 3.59.